The Morgan fingerprint density at radius 1 is 0.786 bits per heavy atom. The van der Waals surface area contributed by atoms with Gasteiger partial charge in [0.25, 0.3) is 0 Å². The van der Waals surface area contributed by atoms with E-state index in [1.54, 1.807) is 30.6 Å². The third-order valence-electron chi connectivity index (χ3n) is 6.78. The number of aliphatic carboxylic acids is 2. The number of methoxy groups -OCH3 is 2. The molecule has 1 aromatic heterocycles. The van der Waals surface area contributed by atoms with Crippen molar-refractivity contribution in [1.82, 2.24) is 9.47 Å². The van der Waals surface area contributed by atoms with Gasteiger partial charge in [0, 0.05) is 61.1 Å². The van der Waals surface area contributed by atoms with Crippen LogP contribution in [-0.4, -0.2) is 70.9 Å². The van der Waals surface area contributed by atoms with Gasteiger partial charge in [-0.15, -0.1) is 0 Å². The maximum Gasteiger partial charge on any atom is 0.303 e. The lowest BCUT2D eigenvalue weighted by Crippen LogP contribution is -2.25. The first-order chi connectivity index (χ1) is 20.1. The molecule has 0 saturated carbocycles. The fraction of sp³-hybridized carbons (Fsp3) is 0.379. The second-order valence-electron chi connectivity index (χ2n) is 9.64. The van der Waals surface area contributed by atoms with Crippen LogP contribution in [0.3, 0.4) is 0 Å². The topological polar surface area (TPSA) is 154 Å². The molecule has 2 N–H and O–H groups in total. The molecule has 0 unspecified atom stereocenters. The molecule has 1 aliphatic heterocycles. The number of carbonyl (C=O) groups excluding carboxylic acids is 2. The van der Waals surface area contributed by atoms with Crippen LogP contribution in [0.15, 0.2) is 30.6 Å². The smallest absolute Gasteiger partial charge is 0.303 e. The van der Waals surface area contributed by atoms with E-state index in [-0.39, 0.29) is 75.3 Å². The van der Waals surface area contributed by atoms with E-state index < -0.39 is 17.8 Å². The number of rotatable bonds is 14. The van der Waals surface area contributed by atoms with Crippen LogP contribution in [0.4, 0.5) is 4.39 Å². The molecule has 3 aromatic rings. The Morgan fingerprint density at radius 3 is 2.00 bits per heavy atom. The van der Waals surface area contributed by atoms with E-state index in [9.17, 15) is 19.2 Å². The molecular formula is C29H31FN2O10. The molecule has 0 atom stereocenters. The van der Waals surface area contributed by atoms with Crippen molar-refractivity contribution >= 4 is 34.5 Å². The number of ether oxygens (including phenoxy) is 4. The largest absolute Gasteiger partial charge is 0.493 e. The zero-order valence-corrected chi connectivity index (χ0v) is 23.2. The van der Waals surface area contributed by atoms with E-state index >= 15 is 4.39 Å². The molecule has 0 aliphatic carbocycles. The number of nitrogens with zero attached hydrogens (tertiary/aromatic N) is 2. The summed E-state index contributed by atoms with van der Waals surface area (Å²) < 4.78 is 39.1. The molecule has 2 heterocycles. The fourth-order valence-corrected chi connectivity index (χ4v) is 4.62. The number of fused-ring (bicyclic) bond motifs is 2. The third-order valence-corrected chi connectivity index (χ3v) is 6.78. The Bertz CT molecular complexity index is 1520. The summed E-state index contributed by atoms with van der Waals surface area (Å²) >= 11 is 0. The summed E-state index contributed by atoms with van der Waals surface area (Å²) in [6.07, 6.45) is 2.71. The minimum absolute atomic E-state index is 0.0121. The normalized spacial score (nSPS) is 12.2. The lowest BCUT2D eigenvalue weighted by Gasteiger charge is -2.15. The maximum atomic E-state index is 15.4. The highest BCUT2D eigenvalue weighted by Crippen LogP contribution is 2.39. The summed E-state index contributed by atoms with van der Waals surface area (Å²) in [5.74, 6) is -2.51. The summed E-state index contributed by atoms with van der Waals surface area (Å²) in [5, 5.41) is 19.1. The monoisotopic (exact) mass is 586 g/mol. The predicted molar refractivity (Wildman–Crippen MR) is 146 cm³/mol. The van der Waals surface area contributed by atoms with Gasteiger partial charge in [-0.05, 0) is 23.8 Å². The number of hydrogen-bond acceptors (Lipinski definition) is 8. The van der Waals surface area contributed by atoms with Crippen LogP contribution in [0.5, 0.6) is 23.0 Å². The molecule has 13 heteroatoms. The number of benzene rings is 2. The summed E-state index contributed by atoms with van der Waals surface area (Å²) in [7, 11) is 2.87. The molecule has 42 heavy (non-hydrogen) atoms. The van der Waals surface area contributed by atoms with Crippen molar-refractivity contribution in [2.24, 2.45) is 0 Å². The maximum absolute atomic E-state index is 15.4. The second kappa shape index (κ2) is 13.2. The van der Waals surface area contributed by atoms with Gasteiger partial charge in [0.05, 0.1) is 40.3 Å². The summed E-state index contributed by atoms with van der Waals surface area (Å²) in [4.78, 5) is 47.6. The van der Waals surface area contributed by atoms with E-state index in [4.69, 9.17) is 29.2 Å². The molecule has 224 valence electrons. The third kappa shape index (κ3) is 6.90. The van der Waals surface area contributed by atoms with E-state index in [2.05, 4.69) is 0 Å². The molecule has 1 amide bonds. The molecule has 0 saturated heterocycles. The Morgan fingerprint density at radius 2 is 1.38 bits per heavy atom. The van der Waals surface area contributed by atoms with Crippen molar-refractivity contribution in [2.45, 2.75) is 45.2 Å². The highest BCUT2D eigenvalue weighted by molar-refractivity contribution is 5.92. The minimum atomic E-state index is -1.08. The highest BCUT2D eigenvalue weighted by atomic mass is 19.1. The van der Waals surface area contributed by atoms with Crippen LogP contribution in [0.25, 0.3) is 10.8 Å². The van der Waals surface area contributed by atoms with Crippen molar-refractivity contribution in [2.75, 3.05) is 27.4 Å². The lowest BCUT2D eigenvalue weighted by atomic mass is 10.1. The van der Waals surface area contributed by atoms with Gasteiger partial charge in [0.2, 0.25) is 11.8 Å². The number of amides is 1. The summed E-state index contributed by atoms with van der Waals surface area (Å²) in [6.45, 7) is 0.451. The fourth-order valence-electron chi connectivity index (χ4n) is 4.62. The second-order valence-corrected chi connectivity index (χ2v) is 9.64. The van der Waals surface area contributed by atoms with Gasteiger partial charge in [0.15, 0.2) is 28.8 Å². The van der Waals surface area contributed by atoms with Gasteiger partial charge in [-0.2, -0.15) is 0 Å². The van der Waals surface area contributed by atoms with E-state index in [1.165, 1.54) is 23.7 Å². The van der Waals surface area contributed by atoms with Crippen molar-refractivity contribution in [3.8, 4) is 23.0 Å². The van der Waals surface area contributed by atoms with Gasteiger partial charge < -0.3 is 34.1 Å². The molecular weight excluding hydrogens is 555 g/mol. The van der Waals surface area contributed by atoms with Crippen molar-refractivity contribution in [1.29, 1.82) is 0 Å². The quantitative estimate of drug-likeness (QED) is 0.266. The van der Waals surface area contributed by atoms with Crippen LogP contribution < -0.4 is 18.9 Å². The Labute approximate surface area is 240 Å². The summed E-state index contributed by atoms with van der Waals surface area (Å²) in [5.41, 5.74) is 0.876. The van der Waals surface area contributed by atoms with E-state index in [0.717, 1.165) is 0 Å². The van der Waals surface area contributed by atoms with Gasteiger partial charge in [-0.3, -0.25) is 23.7 Å². The SMILES string of the molecule is COc1cc2cn(C(=O)CCC(=O)O)cc2cc1OCCCOc1c(OC)cc2c(c1F)CN(C(=O)CCC(=O)O)C2. The zero-order chi connectivity index (χ0) is 30.4. The van der Waals surface area contributed by atoms with Gasteiger partial charge in [0.1, 0.15) is 0 Å². The van der Waals surface area contributed by atoms with E-state index in [1.807, 2.05) is 0 Å². The first-order valence-electron chi connectivity index (χ1n) is 13.2. The highest BCUT2D eigenvalue weighted by Gasteiger charge is 2.30. The molecule has 0 radical (unpaired) electrons. The van der Waals surface area contributed by atoms with Crippen LogP contribution in [0.2, 0.25) is 0 Å². The molecule has 0 bridgehead atoms. The number of carboxylic acid groups (broad SMARTS) is 2. The van der Waals surface area contributed by atoms with Gasteiger partial charge >= 0.3 is 11.9 Å². The first-order valence-corrected chi connectivity index (χ1v) is 13.2. The number of hydrogen-bond donors (Lipinski definition) is 2. The number of carbonyl (C=O) groups is 4. The molecule has 2 aromatic carbocycles. The van der Waals surface area contributed by atoms with Crippen LogP contribution in [0, 0.1) is 5.82 Å². The Hall–Kier alpha value is -4.81. The number of aromatic nitrogens is 1. The van der Waals surface area contributed by atoms with E-state index in [0.29, 0.717) is 39.8 Å². The van der Waals surface area contributed by atoms with Crippen molar-refractivity contribution < 1.29 is 52.7 Å². The molecule has 12 nitrogen and oxygen atoms in total. The Kier molecular flexibility index (Phi) is 9.50. The molecule has 1 aliphatic rings. The van der Waals surface area contributed by atoms with Gasteiger partial charge in [-0.1, -0.05) is 0 Å². The predicted octanol–water partition coefficient (Wildman–Crippen LogP) is 3.86. The summed E-state index contributed by atoms with van der Waals surface area (Å²) in [6, 6.07) is 5.04. The Balaban J connectivity index is 1.36. The minimum Gasteiger partial charge on any atom is -0.493 e. The molecule has 0 fully saturated rings. The van der Waals surface area contributed by atoms with Crippen molar-refractivity contribution in [3.63, 3.8) is 0 Å². The van der Waals surface area contributed by atoms with Crippen LogP contribution in [0.1, 0.15) is 48.0 Å². The zero-order valence-electron chi connectivity index (χ0n) is 23.2. The van der Waals surface area contributed by atoms with Crippen LogP contribution >= 0.6 is 0 Å². The number of halogens is 1. The van der Waals surface area contributed by atoms with Crippen molar-refractivity contribution in [3.05, 3.63) is 47.5 Å². The van der Waals surface area contributed by atoms with Crippen LogP contribution in [-0.2, 0) is 27.5 Å². The lowest BCUT2D eigenvalue weighted by molar-refractivity contribution is -0.141. The first kappa shape index (κ1) is 30.2. The molecule has 4 rings (SSSR count). The number of carboxylic acids is 2. The average molecular weight is 587 g/mol. The van der Waals surface area contributed by atoms with Gasteiger partial charge in [-0.25, -0.2) is 4.39 Å². The molecule has 0 spiro atoms. The standard InChI is InChI=1S/C29H31FN2O10/c1-39-21-10-17-13-31(24(33)4-6-26(35)36)14-18(17)11-22(21)41-8-3-9-42-29-23(40-2)12-19-15-32(16-20(19)28(29)30)25(34)5-7-27(37)38/h10-14H,3-9,15-16H2,1-2H3,(H,35,36)(H,37,38). The average Bonchev–Trinajstić information content (AvgIpc) is 3.59.